The molecule has 0 bridgehead atoms. The van der Waals surface area contributed by atoms with E-state index in [1.54, 1.807) is 36.4 Å². The average molecular weight is 387 g/mol. The van der Waals surface area contributed by atoms with Crippen LogP contribution in [0.3, 0.4) is 0 Å². The maximum absolute atomic E-state index is 12.2. The van der Waals surface area contributed by atoms with Crippen molar-refractivity contribution in [3.8, 4) is 11.8 Å². The summed E-state index contributed by atoms with van der Waals surface area (Å²) in [6.07, 6.45) is 0.958. The Balaban J connectivity index is 1.88. The van der Waals surface area contributed by atoms with Crippen LogP contribution in [0.5, 0.6) is 5.75 Å². The average Bonchev–Trinajstić information content (AvgIpc) is 2.70. The van der Waals surface area contributed by atoms with Gasteiger partial charge >= 0.3 is 0 Å². The van der Waals surface area contributed by atoms with E-state index >= 15 is 0 Å². The number of sulfonamides is 1. The number of benzene rings is 2. The molecule has 2 aromatic rings. The molecular weight excluding hydrogens is 366 g/mol. The van der Waals surface area contributed by atoms with E-state index in [1.165, 1.54) is 12.1 Å². The first-order valence-electron chi connectivity index (χ1n) is 8.39. The standard InChI is InChI=1S/C19H21N3O4S/c1-3-14(2)16-6-10-18(11-7-16)27(24,25)22-21-19(23)13-26-17-8-4-15(12-20)5-9-17/h4-11,14,22H,3,13H2,1-2H3,(H,21,23)/t14-/m1/s1. The number of hydrogen-bond acceptors (Lipinski definition) is 5. The van der Waals surface area contributed by atoms with Crippen LogP contribution in [0, 0.1) is 11.3 Å². The quantitative estimate of drug-likeness (QED) is 0.677. The molecule has 0 saturated carbocycles. The fraction of sp³-hybridized carbons (Fsp3) is 0.263. The van der Waals surface area contributed by atoms with E-state index in [1.807, 2.05) is 10.9 Å². The molecular formula is C19H21N3O4S. The Morgan fingerprint density at radius 1 is 1.15 bits per heavy atom. The number of carbonyl (C=O) groups is 1. The Morgan fingerprint density at radius 2 is 1.78 bits per heavy atom. The second-order valence-electron chi connectivity index (χ2n) is 5.96. The van der Waals surface area contributed by atoms with Crippen LogP contribution in [-0.2, 0) is 14.8 Å². The molecule has 1 atom stereocenters. The molecule has 0 spiro atoms. The summed E-state index contributed by atoms with van der Waals surface area (Å²) in [4.78, 5) is 13.9. The number of nitrogens with one attached hydrogen (secondary N) is 2. The maximum Gasteiger partial charge on any atom is 0.272 e. The normalized spacial score (nSPS) is 12.0. The van der Waals surface area contributed by atoms with E-state index in [4.69, 9.17) is 10.00 Å². The van der Waals surface area contributed by atoms with E-state index in [9.17, 15) is 13.2 Å². The van der Waals surface area contributed by atoms with E-state index in [-0.39, 0.29) is 11.5 Å². The lowest BCUT2D eigenvalue weighted by atomic mass is 9.99. The smallest absolute Gasteiger partial charge is 0.272 e. The Hall–Kier alpha value is -2.89. The number of rotatable bonds is 8. The summed E-state index contributed by atoms with van der Waals surface area (Å²) in [6, 6.07) is 14.7. The van der Waals surface area contributed by atoms with E-state index in [0.717, 1.165) is 12.0 Å². The van der Waals surface area contributed by atoms with Crippen molar-refractivity contribution in [2.24, 2.45) is 0 Å². The maximum atomic E-state index is 12.2. The van der Waals surface area contributed by atoms with Crippen LogP contribution in [0.4, 0.5) is 0 Å². The molecule has 0 aliphatic carbocycles. The molecule has 0 saturated heterocycles. The minimum Gasteiger partial charge on any atom is -0.484 e. The molecule has 0 aliphatic heterocycles. The second kappa shape index (κ2) is 9.16. The molecule has 0 fully saturated rings. The lowest BCUT2D eigenvalue weighted by Gasteiger charge is -2.12. The molecule has 2 N–H and O–H groups in total. The monoisotopic (exact) mass is 387 g/mol. The lowest BCUT2D eigenvalue weighted by Crippen LogP contribution is -2.43. The Labute approximate surface area is 159 Å². The van der Waals surface area contributed by atoms with E-state index in [2.05, 4.69) is 19.3 Å². The summed E-state index contributed by atoms with van der Waals surface area (Å²) in [5.74, 6) is 0.0839. The van der Waals surface area contributed by atoms with Crippen molar-refractivity contribution in [2.45, 2.75) is 31.1 Å². The molecule has 27 heavy (non-hydrogen) atoms. The lowest BCUT2D eigenvalue weighted by molar-refractivity contribution is -0.123. The first-order chi connectivity index (χ1) is 12.9. The highest BCUT2D eigenvalue weighted by molar-refractivity contribution is 7.89. The van der Waals surface area contributed by atoms with Gasteiger partial charge in [0, 0.05) is 0 Å². The van der Waals surface area contributed by atoms with Crippen molar-refractivity contribution in [3.63, 3.8) is 0 Å². The highest BCUT2D eigenvalue weighted by Gasteiger charge is 2.16. The Kier molecular flexibility index (Phi) is 6.93. The van der Waals surface area contributed by atoms with Gasteiger partial charge in [-0.3, -0.25) is 10.2 Å². The second-order valence-corrected chi connectivity index (χ2v) is 7.64. The summed E-state index contributed by atoms with van der Waals surface area (Å²) < 4.78 is 29.7. The van der Waals surface area contributed by atoms with Crippen molar-refractivity contribution in [2.75, 3.05) is 6.61 Å². The first-order valence-corrected chi connectivity index (χ1v) is 9.87. The largest absolute Gasteiger partial charge is 0.484 e. The molecule has 2 rings (SSSR count). The summed E-state index contributed by atoms with van der Waals surface area (Å²) in [7, 11) is -3.87. The van der Waals surface area contributed by atoms with Crippen LogP contribution >= 0.6 is 0 Å². The number of ether oxygens (including phenoxy) is 1. The number of carbonyl (C=O) groups excluding carboxylic acids is 1. The molecule has 0 aliphatic rings. The van der Waals surface area contributed by atoms with Gasteiger partial charge < -0.3 is 4.74 Å². The minimum atomic E-state index is -3.87. The van der Waals surface area contributed by atoms with Crippen LogP contribution in [0.25, 0.3) is 0 Å². The van der Waals surface area contributed by atoms with Crippen LogP contribution in [-0.4, -0.2) is 20.9 Å². The third kappa shape index (κ3) is 5.81. The van der Waals surface area contributed by atoms with Gasteiger partial charge in [0.2, 0.25) is 0 Å². The number of amides is 1. The molecule has 2 aromatic carbocycles. The van der Waals surface area contributed by atoms with E-state index in [0.29, 0.717) is 17.2 Å². The van der Waals surface area contributed by atoms with Crippen LogP contribution in [0.1, 0.15) is 37.3 Å². The highest BCUT2D eigenvalue weighted by Crippen LogP contribution is 2.20. The molecule has 0 aromatic heterocycles. The third-order valence-corrected chi connectivity index (χ3v) is 5.31. The molecule has 142 valence electrons. The third-order valence-electron chi connectivity index (χ3n) is 4.05. The van der Waals surface area contributed by atoms with Gasteiger partial charge in [-0.15, -0.1) is 4.83 Å². The zero-order chi connectivity index (χ0) is 19.9. The summed E-state index contributed by atoms with van der Waals surface area (Å²) >= 11 is 0. The molecule has 0 unspecified atom stereocenters. The Bertz CT molecular complexity index is 917. The first kappa shape index (κ1) is 20.4. The van der Waals surface area contributed by atoms with E-state index < -0.39 is 15.9 Å². The number of hydrazine groups is 1. The SMILES string of the molecule is CC[C@@H](C)c1ccc(S(=O)(=O)NNC(=O)COc2ccc(C#N)cc2)cc1. The van der Waals surface area contributed by atoms with Crippen molar-refractivity contribution >= 4 is 15.9 Å². The molecule has 7 nitrogen and oxygen atoms in total. The predicted molar refractivity (Wildman–Crippen MR) is 100 cm³/mol. The number of hydrogen-bond donors (Lipinski definition) is 2. The fourth-order valence-electron chi connectivity index (χ4n) is 2.20. The van der Waals surface area contributed by atoms with Gasteiger partial charge in [0.25, 0.3) is 15.9 Å². The van der Waals surface area contributed by atoms with Gasteiger partial charge in [0.1, 0.15) is 5.75 Å². The minimum absolute atomic E-state index is 0.0582. The Morgan fingerprint density at radius 3 is 2.33 bits per heavy atom. The van der Waals surface area contributed by atoms with Crippen molar-refractivity contribution in [1.82, 2.24) is 10.3 Å². The summed E-state index contributed by atoms with van der Waals surface area (Å²) in [5, 5.41) is 8.72. The molecule has 0 radical (unpaired) electrons. The number of nitriles is 1. The fourth-order valence-corrected chi connectivity index (χ4v) is 3.07. The van der Waals surface area contributed by atoms with Crippen LogP contribution < -0.4 is 15.0 Å². The van der Waals surface area contributed by atoms with Crippen LogP contribution in [0.2, 0.25) is 0 Å². The van der Waals surface area contributed by atoms with Crippen molar-refractivity contribution in [3.05, 3.63) is 59.7 Å². The molecule has 8 heteroatoms. The summed E-state index contributed by atoms with van der Waals surface area (Å²) in [6.45, 7) is 3.75. The van der Waals surface area contributed by atoms with Gasteiger partial charge in [0.15, 0.2) is 6.61 Å². The van der Waals surface area contributed by atoms with Crippen molar-refractivity contribution < 1.29 is 17.9 Å². The van der Waals surface area contributed by atoms with Gasteiger partial charge in [-0.1, -0.05) is 26.0 Å². The number of nitrogens with zero attached hydrogens (tertiary/aromatic N) is 1. The van der Waals surface area contributed by atoms with Gasteiger partial charge in [0.05, 0.1) is 16.5 Å². The summed E-state index contributed by atoms with van der Waals surface area (Å²) in [5.41, 5.74) is 3.63. The topological polar surface area (TPSA) is 108 Å². The predicted octanol–water partition coefficient (Wildman–Crippen LogP) is 2.46. The highest BCUT2D eigenvalue weighted by atomic mass is 32.2. The van der Waals surface area contributed by atoms with Crippen molar-refractivity contribution in [1.29, 1.82) is 5.26 Å². The van der Waals surface area contributed by atoms with Gasteiger partial charge in [-0.25, -0.2) is 8.42 Å². The molecule has 1 amide bonds. The molecule has 0 heterocycles. The van der Waals surface area contributed by atoms with Gasteiger partial charge in [-0.05, 0) is 54.3 Å². The van der Waals surface area contributed by atoms with Gasteiger partial charge in [-0.2, -0.15) is 5.26 Å². The zero-order valence-corrected chi connectivity index (χ0v) is 15.9. The van der Waals surface area contributed by atoms with Crippen LogP contribution in [0.15, 0.2) is 53.4 Å². The zero-order valence-electron chi connectivity index (χ0n) is 15.1.